The minimum atomic E-state index is -1.97. The standard InChI is InChI=1S/C38H52ClN3O10S/c1-21(2)53-14-13-31(44)41(7)24(5)35(46)51-30-18-32(45)42(8)27-16-25(17-28(49-9)33(27)39)15-22(3)11-10-12-26(20-43)38(48)19-29(50-36(47)40-38)23(4)34-37(30,6)52-34/h10-12,16-17,20-21,23-24,26,29-30,34,48H,13-15,18-19H2,1-9H3,(H,40,47)/b12-10+,22-11+/t23-,24-,26+,29+,30+,34+,37+,38+/m1/s1. The molecule has 3 heterocycles. The predicted octanol–water partition coefficient (Wildman–Crippen LogP) is 4.85. The quantitative estimate of drug-likeness (QED) is 0.200. The fourth-order valence-corrected chi connectivity index (χ4v) is 7.79. The number of alkyl carbamates (subject to hydrolysis) is 1. The molecule has 3 aliphatic rings. The van der Waals surface area contributed by atoms with Crippen molar-refractivity contribution in [3.8, 4) is 5.75 Å². The molecular weight excluding hydrogens is 726 g/mol. The van der Waals surface area contributed by atoms with Gasteiger partial charge in [0.15, 0.2) is 5.72 Å². The number of rotatable bonds is 9. The Bertz CT molecular complexity index is 1640. The van der Waals surface area contributed by atoms with Crippen LogP contribution < -0.4 is 15.0 Å². The second kappa shape index (κ2) is 17.3. The maximum absolute atomic E-state index is 14.1. The summed E-state index contributed by atoms with van der Waals surface area (Å²) < 4.78 is 23.5. The van der Waals surface area contributed by atoms with E-state index in [2.05, 4.69) is 5.32 Å². The highest BCUT2D eigenvalue weighted by atomic mass is 35.5. The van der Waals surface area contributed by atoms with Crippen LogP contribution in [0.15, 0.2) is 35.9 Å². The van der Waals surface area contributed by atoms with E-state index in [0.717, 1.165) is 11.1 Å². The molecule has 0 saturated carbocycles. The highest BCUT2D eigenvalue weighted by Crippen LogP contribution is 2.49. The molecule has 15 heteroatoms. The minimum Gasteiger partial charge on any atom is -0.495 e. The third kappa shape index (κ3) is 9.75. The van der Waals surface area contributed by atoms with Gasteiger partial charge in [0.1, 0.15) is 40.9 Å². The van der Waals surface area contributed by atoms with Crippen LogP contribution >= 0.6 is 23.4 Å². The number of anilines is 1. The monoisotopic (exact) mass is 777 g/mol. The molecule has 8 atom stereocenters. The molecule has 13 nitrogen and oxygen atoms in total. The highest BCUT2D eigenvalue weighted by molar-refractivity contribution is 7.99. The van der Waals surface area contributed by atoms with E-state index in [-0.39, 0.29) is 30.2 Å². The average Bonchev–Trinajstić information content (AvgIpc) is 3.79. The second-order valence-electron chi connectivity index (χ2n) is 14.6. The van der Waals surface area contributed by atoms with Crippen LogP contribution in [0.5, 0.6) is 5.75 Å². The zero-order chi connectivity index (χ0) is 39.4. The minimum absolute atomic E-state index is 0.151. The van der Waals surface area contributed by atoms with Gasteiger partial charge in [0.25, 0.3) is 0 Å². The predicted molar refractivity (Wildman–Crippen MR) is 202 cm³/mol. The number of fused-ring (bicyclic) bond motifs is 5. The Morgan fingerprint density at radius 1 is 1.26 bits per heavy atom. The van der Waals surface area contributed by atoms with Gasteiger partial charge < -0.3 is 38.6 Å². The number of methoxy groups -OCH3 is 1. The van der Waals surface area contributed by atoms with Crippen LogP contribution in [-0.2, 0) is 39.8 Å². The molecule has 0 unspecified atom stereocenters. The van der Waals surface area contributed by atoms with E-state index in [1.54, 1.807) is 63.9 Å². The molecule has 0 spiro atoms. The number of aliphatic hydroxyl groups is 1. The van der Waals surface area contributed by atoms with Crippen LogP contribution in [0.4, 0.5) is 10.5 Å². The molecule has 2 fully saturated rings. The molecule has 1 aromatic carbocycles. The average molecular weight is 778 g/mol. The zero-order valence-corrected chi connectivity index (χ0v) is 33.4. The summed E-state index contributed by atoms with van der Waals surface area (Å²) >= 11 is 8.38. The number of halogens is 1. The number of thioether (sulfide) groups is 1. The topological polar surface area (TPSA) is 164 Å². The van der Waals surface area contributed by atoms with Crippen molar-refractivity contribution < 1.29 is 48.0 Å². The number of carbonyl (C=O) groups is 5. The van der Waals surface area contributed by atoms with Crippen molar-refractivity contribution in [2.75, 3.05) is 31.9 Å². The summed E-state index contributed by atoms with van der Waals surface area (Å²) in [6.07, 6.45) is 2.00. The third-order valence-electron chi connectivity index (χ3n) is 10.3. The van der Waals surface area contributed by atoms with Crippen LogP contribution in [0.2, 0.25) is 5.02 Å². The maximum atomic E-state index is 14.1. The summed E-state index contributed by atoms with van der Waals surface area (Å²) in [7, 11) is 4.57. The first-order chi connectivity index (χ1) is 24.8. The summed E-state index contributed by atoms with van der Waals surface area (Å²) in [4.78, 5) is 68.6. The number of hydrogen-bond acceptors (Lipinski definition) is 11. The number of carbonyl (C=O) groups excluding carboxylic acids is 5. The number of amides is 3. The van der Waals surface area contributed by atoms with E-state index < -0.39 is 65.5 Å². The molecule has 3 amide bonds. The third-order valence-corrected chi connectivity index (χ3v) is 11.8. The zero-order valence-electron chi connectivity index (χ0n) is 31.8. The Morgan fingerprint density at radius 2 is 1.96 bits per heavy atom. The Kier molecular flexibility index (Phi) is 13.7. The van der Waals surface area contributed by atoms with Gasteiger partial charge in [-0.3, -0.25) is 14.9 Å². The summed E-state index contributed by atoms with van der Waals surface area (Å²) in [5.41, 5.74) is -1.19. The van der Waals surface area contributed by atoms with Crippen molar-refractivity contribution >= 4 is 59.2 Å². The number of ether oxygens (including phenoxy) is 4. The number of hydrogen-bond donors (Lipinski definition) is 2. The van der Waals surface area contributed by atoms with Gasteiger partial charge in [0.05, 0.1) is 31.2 Å². The maximum Gasteiger partial charge on any atom is 0.409 e. The molecule has 3 aliphatic heterocycles. The number of allylic oxidation sites excluding steroid dienone is 3. The normalized spacial score (nSPS) is 31.2. The highest BCUT2D eigenvalue weighted by Gasteiger charge is 2.64. The van der Waals surface area contributed by atoms with Gasteiger partial charge in [-0.2, -0.15) is 11.8 Å². The fraction of sp³-hybridized carbons (Fsp3) is 0.605. The molecule has 4 bridgehead atoms. The van der Waals surface area contributed by atoms with E-state index in [1.807, 2.05) is 20.8 Å². The Labute approximate surface area is 320 Å². The second-order valence-corrected chi connectivity index (χ2v) is 16.6. The van der Waals surface area contributed by atoms with Gasteiger partial charge >= 0.3 is 12.1 Å². The smallest absolute Gasteiger partial charge is 0.409 e. The largest absolute Gasteiger partial charge is 0.495 e. The van der Waals surface area contributed by atoms with Crippen LogP contribution in [0.3, 0.4) is 0 Å². The number of nitrogens with zero attached hydrogens (tertiary/aromatic N) is 2. The molecule has 1 aromatic rings. The van der Waals surface area contributed by atoms with E-state index in [0.29, 0.717) is 35.1 Å². The molecule has 2 saturated heterocycles. The molecule has 0 aromatic heterocycles. The first-order valence-corrected chi connectivity index (χ1v) is 19.2. The Hall–Kier alpha value is -3.59. The molecule has 292 valence electrons. The Morgan fingerprint density at radius 3 is 2.60 bits per heavy atom. The van der Waals surface area contributed by atoms with Gasteiger partial charge in [0, 0.05) is 38.6 Å². The fourth-order valence-electron chi connectivity index (χ4n) is 6.71. The first-order valence-electron chi connectivity index (χ1n) is 17.7. The molecule has 0 radical (unpaired) electrons. The number of nitrogens with one attached hydrogen (secondary N) is 1. The van der Waals surface area contributed by atoms with E-state index in [4.69, 9.17) is 30.5 Å². The molecule has 4 rings (SSSR count). The summed E-state index contributed by atoms with van der Waals surface area (Å²) in [5.74, 6) is -2.15. The molecule has 53 heavy (non-hydrogen) atoms. The lowest BCUT2D eigenvalue weighted by Crippen LogP contribution is -2.61. The van der Waals surface area contributed by atoms with Crippen molar-refractivity contribution in [1.82, 2.24) is 10.2 Å². The number of esters is 1. The van der Waals surface area contributed by atoms with E-state index >= 15 is 0 Å². The van der Waals surface area contributed by atoms with Crippen LogP contribution in [0.1, 0.15) is 66.4 Å². The van der Waals surface area contributed by atoms with Crippen molar-refractivity contribution in [3.63, 3.8) is 0 Å². The van der Waals surface area contributed by atoms with Crippen LogP contribution in [0.25, 0.3) is 0 Å². The van der Waals surface area contributed by atoms with Crippen LogP contribution in [0, 0.1) is 11.8 Å². The molecule has 0 aliphatic carbocycles. The first kappa shape index (κ1) is 42.2. The SMILES string of the molecule is COc1cc2cc(c1Cl)N(C)C(=O)C[C@H](OC(=O)[C@@H](C)N(C)C(=O)CCSC(C)C)[C@]1(C)O[C@H]1[C@H](C)[C@@H]1C[C@@](O)(NC(=O)O1)[C@H](C=O)/C=C/C=C(\C)C2. The number of likely N-dealkylation sites (N-methyl/N-ethyl adjacent to an activating group) is 1. The number of benzene rings is 1. The Balaban J connectivity index is 1.73. The van der Waals surface area contributed by atoms with Gasteiger partial charge in [-0.15, -0.1) is 0 Å². The van der Waals surface area contributed by atoms with Crippen molar-refractivity contribution in [3.05, 3.63) is 46.5 Å². The van der Waals surface area contributed by atoms with Crippen molar-refractivity contribution in [1.29, 1.82) is 0 Å². The lowest BCUT2D eigenvalue weighted by Gasteiger charge is -2.41. The summed E-state index contributed by atoms with van der Waals surface area (Å²) in [6, 6.07) is 2.56. The van der Waals surface area contributed by atoms with Crippen molar-refractivity contribution in [2.24, 2.45) is 11.8 Å². The van der Waals surface area contributed by atoms with Gasteiger partial charge in [-0.25, -0.2) is 9.59 Å². The lowest BCUT2D eigenvalue weighted by molar-refractivity contribution is -0.161. The van der Waals surface area contributed by atoms with E-state index in [9.17, 15) is 29.1 Å². The number of aldehydes is 1. The van der Waals surface area contributed by atoms with E-state index in [1.165, 1.54) is 30.0 Å². The van der Waals surface area contributed by atoms with Gasteiger partial charge in [-0.1, -0.05) is 56.2 Å². The molecular formula is C38H52ClN3O10S. The summed E-state index contributed by atoms with van der Waals surface area (Å²) in [5, 5.41) is 14.6. The molecule has 2 N–H and O–H groups in total. The van der Waals surface area contributed by atoms with Crippen molar-refractivity contribution in [2.45, 2.75) is 108 Å². The van der Waals surface area contributed by atoms with Gasteiger partial charge in [-0.05, 0) is 50.1 Å². The summed E-state index contributed by atoms with van der Waals surface area (Å²) in [6.45, 7) is 11.0. The lowest BCUT2D eigenvalue weighted by atomic mass is 9.82. The number of epoxide rings is 1. The van der Waals surface area contributed by atoms with Crippen LogP contribution in [-0.4, -0.2) is 108 Å². The van der Waals surface area contributed by atoms with Gasteiger partial charge in [0.2, 0.25) is 11.8 Å².